The Morgan fingerprint density at radius 3 is 2.78 bits per heavy atom. The summed E-state index contributed by atoms with van der Waals surface area (Å²) in [6.07, 6.45) is 3.62. The van der Waals surface area contributed by atoms with Crippen molar-refractivity contribution in [2.75, 3.05) is 0 Å². The van der Waals surface area contributed by atoms with Crippen molar-refractivity contribution >= 4 is 5.97 Å². The number of hydrogen-bond acceptors (Lipinski definition) is 8. The van der Waals surface area contributed by atoms with Crippen LogP contribution in [0, 0.1) is 23.2 Å². The summed E-state index contributed by atoms with van der Waals surface area (Å²) < 4.78 is 18.3. The standard InChI is InChI=1S/C28H35NO7/c1-5-7-22(31)35-21-12-17-15(2)18(30)9-10-27(17,3)25-24(32)23-20(36-28(21,25)4)13-19(34-26(23)33)16-8-6-11-29-14-16/h6,8,11,13-15,17-18,21,24-25,30,32H,5,7,9-10,12H2,1-4H3/t15?,17?,18-,21?,24?,25?,27?,28+/m0/s1. The second-order valence-electron chi connectivity index (χ2n) is 11.2. The van der Waals surface area contributed by atoms with Gasteiger partial charge in [-0.25, -0.2) is 4.79 Å². The maximum absolute atomic E-state index is 13.2. The predicted octanol–water partition coefficient (Wildman–Crippen LogP) is 4.03. The molecule has 2 N–H and O–H groups in total. The number of nitrogens with zero attached hydrogens (tertiary/aromatic N) is 1. The summed E-state index contributed by atoms with van der Waals surface area (Å²) in [5.74, 6) is -0.423. The van der Waals surface area contributed by atoms with E-state index in [2.05, 4.69) is 11.9 Å². The molecule has 2 aromatic rings. The third kappa shape index (κ3) is 3.77. The van der Waals surface area contributed by atoms with Crippen molar-refractivity contribution in [3.63, 3.8) is 0 Å². The zero-order valence-electron chi connectivity index (χ0n) is 21.3. The van der Waals surface area contributed by atoms with Gasteiger partial charge in [-0.1, -0.05) is 20.8 Å². The Morgan fingerprint density at radius 1 is 1.31 bits per heavy atom. The van der Waals surface area contributed by atoms with E-state index in [1.807, 2.05) is 20.8 Å². The summed E-state index contributed by atoms with van der Waals surface area (Å²) >= 11 is 0. The highest BCUT2D eigenvalue weighted by atomic mass is 16.6. The van der Waals surface area contributed by atoms with Crippen molar-refractivity contribution < 1.29 is 28.9 Å². The van der Waals surface area contributed by atoms with Crippen molar-refractivity contribution in [1.82, 2.24) is 4.98 Å². The lowest BCUT2D eigenvalue weighted by Gasteiger charge is -2.63. The van der Waals surface area contributed by atoms with Gasteiger partial charge in [0.05, 0.1) is 12.2 Å². The highest BCUT2D eigenvalue weighted by molar-refractivity contribution is 5.69. The Bertz CT molecular complexity index is 1200. The molecule has 6 unspecified atom stereocenters. The summed E-state index contributed by atoms with van der Waals surface area (Å²) in [5.41, 5.74) is -1.49. The normalized spacial score (nSPS) is 37.2. The van der Waals surface area contributed by atoms with Crippen molar-refractivity contribution in [2.45, 2.75) is 83.7 Å². The van der Waals surface area contributed by atoms with Crippen LogP contribution in [0.5, 0.6) is 5.75 Å². The van der Waals surface area contributed by atoms with Crippen molar-refractivity contribution in [1.29, 1.82) is 0 Å². The van der Waals surface area contributed by atoms with Gasteiger partial charge < -0.3 is 24.1 Å². The van der Waals surface area contributed by atoms with Gasteiger partial charge in [-0.3, -0.25) is 9.78 Å². The number of hydrogen-bond donors (Lipinski definition) is 2. The average Bonchev–Trinajstić information content (AvgIpc) is 2.83. The molecule has 3 heterocycles. The summed E-state index contributed by atoms with van der Waals surface area (Å²) in [6, 6.07) is 5.13. The zero-order valence-corrected chi connectivity index (χ0v) is 21.3. The molecule has 5 rings (SSSR count). The van der Waals surface area contributed by atoms with E-state index >= 15 is 0 Å². The minimum atomic E-state index is -1.18. The van der Waals surface area contributed by atoms with E-state index in [4.69, 9.17) is 13.9 Å². The fraction of sp³-hybridized carbons (Fsp3) is 0.607. The van der Waals surface area contributed by atoms with Crippen LogP contribution in [-0.2, 0) is 9.53 Å². The molecule has 0 radical (unpaired) electrons. The number of ether oxygens (including phenoxy) is 2. The van der Waals surface area contributed by atoms with E-state index in [0.717, 1.165) is 0 Å². The van der Waals surface area contributed by atoms with E-state index in [0.29, 0.717) is 31.2 Å². The van der Waals surface area contributed by atoms with Crippen molar-refractivity contribution in [2.24, 2.45) is 23.2 Å². The number of carbonyl (C=O) groups is 1. The first kappa shape index (κ1) is 25.0. The van der Waals surface area contributed by atoms with E-state index in [-0.39, 0.29) is 41.3 Å². The Hall–Kier alpha value is -2.71. The molecule has 0 spiro atoms. The smallest absolute Gasteiger partial charge is 0.345 e. The molecule has 0 bridgehead atoms. The molecular formula is C28H35NO7. The van der Waals surface area contributed by atoms with Crippen LogP contribution in [0.2, 0.25) is 0 Å². The first-order valence-corrected chi connectivity index (χ1v) is 12.9. The zero-order chi connectivity index (χ0) is 25.8. The van der Waals surface area contributed by atoms with Gasteiger partial charge in [-0.2, -0.15) is 0 Å². The molecule has 3 aliphatic rings. The molecular weight excluding hydrogens is 462 g/mol. The summed E-state index contributed by atoms with van der Waals surface area (Å²) in [6.45, 7) is 7.91. The maximum Gasteiger partial charge on any atom is 0.345 e. The number of carbonyl (C=O) groups excluding carboxylic acids is 1. The van der Waals surface area contributed by atoms with E-state index in [1.165, 1.54) is 0 Å². The maximum atomic E-state index is 13.2. The molecule has 8 nitrogen and oxygen atoms in total. The van der Waals surface area contributed by atoms with Crippen LogP contribution < -0.4 is 10.4 Å². The first-order valence-electron chi connectivity index (χ1n) is 12.9. The number of aromatic nitrogens is 1. The van der Waals surface area contributed by atoms with Crippen molar-refractivity contribution in [3.05, 3.63) is 46.6 Å². The van der Waals surface area contributed by atoms with Crippen LogP contribution in [0.15, 0.2) is 39.8 Å². The Kier molecular flexibility index (Phi) is 6.24. The fourth-order valence-corrected chi connectivity index (χ4v) is 7.24. The van der Waals surface area contributed by atoms with Gasteiger partial charge >= 0.3 is 11.6 Å². The molecule has 194 valence electrons. The van der Waals surface area contributed by atoms with Crippen LogP contribution in [0.25, 0.3) is 11.3 Å². The molecule has 0 amide bonds. The third-order valence-electron chi connectivity index (χ3n) is 9.07. The molecule has 8 heteroatoms. The Labute approximate surface area is 210 Å². The van der Waals surface area contributed by atoms with Crippen LogP contribution in [-0.4, -0.2) is 39.0 Å². The fourth-order valence-electron chi connectivity index (χ4n) is 7.24. The van der Waals surface area contributed by atoms with E-state index in [9.17, 15) is 19.8 Å². The molecule has 2 aromatic heterocycles. The number of aliphatic hydroxyl groups is 2. The Balaban J connectivity index is 1.64. The Morgan fingerprint density at radius 2 is 2.08 bits per heavy atom. The monoisotopic (exact) mass is 497 g/mol. The quantitative estimate of drug-likeness (QED) is 0.608. The SMILES string of the molecule is CCCC(=O)OC1CC2C(C)[C@@H](O)CCC2(C)C2C(O)c3c(cc(-c4cccnc4)oc3=O)O[C@]12C. The largest absolute Gasteiger partial charge is 0.482 e. The third-order valence-corrected chi connectivity index (χ3v) is 9.07. The van der Waals surface area contributed by atoms with Gasteiger partial charge in [0.15, 0.2) is 0 Å². The van der Waals surface area contributed by atoms with Crippen LogP contribution >= 0.6 is 0 Å². The molecule has 2 saturated carbocycles. The molecule has 2 fully saturated rings. The topological polar surface area (TPSA) is 119 Å². The van der Waals surface area contributed by atoms with Gasteiger partial charge in [0.1, 0.15) is 28.8 Å². The average molecular weight is 498 g/mol. The van der Waals surface area contributed by atoms with Crippen LogP contribution in [0.4, 0.5) is 0 Å². The minimum Gasteiger partial charge on any atom is -0.482 e. The number of pyridine rings is 1. The number of aliphatic hydroxyl groups excluding tert-OH is 2. The lowest BCUT2D eigenvalue weighted by atomic mass is 9.46. The van der Waals surface area contributed by atoms with Gasteiger partial charge in [0.2, 0.25) is 0 Å². The minimum absolute atomic E-state index is 0.0275. The highest BCUT2D eigenvalue weighted by Gasteiger charge is 2.67. The first-order chi connectivity index (χ1) is 17.1. The molecule has 8 atom stereocenters. The highest BCUT2D eigenvalue weighted by Crippen LogP contribution is 2.64. The number of fused-ring (bicyclic) bond motifs is 4. The molecule has 1 aliphatic heterocycles. The van der Waals surface area contributed by atoms with E-state index in [1.54, 1.807) is 30.6 Å². The molecule has 2 aliphatic carbocycles. The van der Waals surface area contributed by atoms with Gasteiger partial charge in [0, 0.05) is 36.4 Å². The van der Waals surface area contributed by atoms with Gasteiger partial charge in [0.25, 0.3) is 0 Å². The van der Waals surface area contributed by atoms with E-state index < -0.39 is 40.9 Å². The molecule has 0 aromatic carbocycles. The number of esters is 1. The molecule has 36 heavy (non-hydrogen) atoms. The predicted molar refractivity (Wildman–Crippen MR) is 131 cm³/mol. The summed E-state index contributed by atoms with van der Waals surface area (Å²) in [7, 11) is 0. The van der Waals surface area contributed by atoms with Gasteiger partial charge in [-0.05, 0) is 62.0 Å². The van der Waals surface area contributed by atoms with Crippen molar-refractivity contribution in [3.8, 4) is 17.1 Å². The lowest BCUT2D eigenvalue weighted by molar-refractivity contribution is -0.249. The molecule has 0 saturated heterocycles. The number of rotatable bonds is 4. The summed E-state index contributed by atoms with van der Waals surface area (Å²) in [5, 5.41) is 22.5. The summed E-state index contributed by atoms with van der Waals surface area (Å²) in [4.78, 5) is 30.0. The second kappa shape index (κ2) is 8.99. The van der Waals surface area contributed by atoms with Crippen LogP contribution in [0.1, 0.15) is 71.5 Å². The van der Waals surface area contributed by atoms with Gasteiger partial charge in [-0.15, -0.1) is 0 Å². The lowest BCUT2D eigenvalue weighted by Crippen LogP contribution is -2.69. The second-order valence-corrected chi connectivity index (χ2v) is 11.2. The van der Waals surface area contributed by atoms with Crippen LogP contribution in [0.3, 0.4) is 0 Å².